The van der Waals surface area contributed by atoms with Gasteiger partial charge >= 0.3 is 0 Å². The third-order valence-electron chi connectivity index (χ3n) is 9.21. The second kappa shape index (κ2) is 5.23. The van der Waals surface area contributed by atoms with E-state index in [0.29, 0.717) is 5.54 Å². The second-order valence-electron chi connectivity index (χ2n) is 10.9. The minimum atomic E-state index is 0.480. The number of hydrogen-bond acceptors (Lipinski definition) is 0. The van der Waals surface area contributed by atoms with Gasteiger partial charge in [-0.1, -0.05) is 38.5 Å². The molecule has 0 saturated heterocycles. The van der Waals surface area contributed by atoms with Crippen molar-refractivity contribution in [2.24, 2.45) is 28.6 Å². The highest BCUT2D eigenvalue weighted by Crippen LogP contribution is 2.71. The maximum absolute atomic E-state index is 4.91. The predicted molar refractivity (Wildman–Crippen MR) is 94.8 cm³/mol. The summed E-state index contributed by atoms with van der Waals surface area (Å²) in [6, 6.07) is 0. The van der Waals surface area contributed by atoms with Gasteiger partial charge in [0.15, 0.2) is 0 Å². The molecule has 6 aliphatic carbocycles. The fourth-order valence-electron chi connectivity index (χ4n) is 9.13. The topological polar surface area (TPSA) is 27.6 Å². The first-order valence-electron chi connectivity index (χ1n) is 11.0. The molecule has 0 aromatic rings. The lowest BCUT2D eigenvalue weighted by Crippen LogP contribution is -2.81. The summed E-state index contributed by atoms with van der Waals surface area (Å²) >= 11 is 0. The Morgan fingerprint density at radius 3 is 1.48 bits per heavy atom. The van der Waals surface area contributed by atoms with Crippen LogP contribution in [0.5, 0.6) is 0 Å². The van der Waals surface area contributed by atoms with Crippen LogP contribution in [0.3, 0.4) is 0 Å². The summed E-state index contributed by atoms with van der Waals surface area (Å²) in [6.07, 6.45) is 24.7. The number of quaternary nitrogens is 1. The zero-order chi connectivity index (χ0) is 15.5. The van der Waals surface area contributed by atoms with E-state index in [-0.39, 0.29) is 0 Å². The van der Waals surface area contributed by atoms with E-state index in [1.165, 1.54) is 57.8 Å². The van der Waals surface area contributed by atoms with Gasteiger partial charge in [0.05, 0.1) is 5.54 Å². The Kier molecular flexibility index (Phi) is 3.46. The van der Waals surface area contributed by atoms with Gasteiger partial charge in [-0.25, -0.2) is 0 Å². The van der Waals surface area contributed by atoms with E-state index < -0.39 is 0 Å². The van der Waals surface area contributed by atoms with Crippen molar-refractivity contribution in [1.29, 1.82) is 0 Å². The van der Waals surface area contributed by atoms with Crippen LogP contribution in [0.1, 0.15) is 103 Å². The van der Waals surface area contributed by atoms with E-state index >= 15 is 0 Å². The van der Waals surface area contributed by atoms with Crippen molar-refractivity contribution in [2.75, 3.05) is 0 Å². The van der Waals surface area contributed by atoms with Gasteiger partial charge in [-0.3, -0.25) is 0 Å². The van der Waals surface area contributed by atoms with E-state index in [4.69, 9.17) is 5.73 Å². The molecule has 0 amide bonds. The molecule has 6 fully saturated rings. The van der Waals surface area contributed by atoms with Crippen LogP contribution in [0.15, 0.2) is 0 Å². The molecule has 1 nitrogen and oxygen atoms in total. The zero-order valence-electron chi connectivity index (χ0n) is 15.3. The molecule has 1 heteroatoms. The standard InChI is InChI=1S/C22H37N/c23-22-13-17-11-20(15-22,18-7-3-1-4-8-18)14-21(12-17,16-22)19-9-5-2-6-10-19/h17-19H,1-16,23H2/p+1. The normalized spacial score (nSPS) is 51.3. The SMILES string of the molecule is [NH3+]C12CC3CC(C4CCCCC4)(C1)CC(C1CCCCC1)(C3)C2. The van der Waals surface area contributed by atoms with Crippen LogP contribution < -0.4 is 5.73 Å². The lowest BCUT2D eigenvalue weighted by molar-refractivity contribution is -0.519. The van der Waals surface area contributed by atoms with Gasteiger partial charge in [0.2, 0.25) is 0 Å². The van der Waals surface area contributed by atoms with Crippen LogP contribution in [-0.4, -0.2) is 5.54 Å². The Balaban J connectivity index is 1.49. The molecule has 0 spiro atoms. The largest absolute Gasteiger partial charge is 0.353 e. The molecule has 3 N–H and O–H groups in total. The van der Waals surface area contributed by atoms with E-state index in [1.54, 1.807) is 44.9 Å². The summed E-state index contributed by atoms with van der Waals surface area (Å²) < 4.78 is 0. The average Bonchev–Trinajstić information content (AvgIpc) is 2.54. The Morgan fingerprint density at radius 2 is 1.04 bits per heavy atom. The van der Waals surface area contributed by atoms with Crippen molar-refractivity contribution in [3.8, 4) is 0 Å². The van der Waals surface area contributed by atoms with Gasteiger partial charge in [-0.2, -0.15) is 0 Å². The van der Waals surface area contributed by atoms with Crippen molar-refractivity contribution in [1.82, 2.24) is 0 Å². The molecular formula is C22H38N+. The van der Waals surface area contributed by atoms with E-state index in [1.807, 2.05) is 0 Å². The van der Waals surface area contributed by atoms with Gasteiger partial charge in [0.1, 0.15) is 0 Å². The molecule has 2 atom stereocenters. The van der Waals surface area contributed by atoms with E-state index in [2.05, 4.69) is 0 Å². The maximum atomic E-state index is 4.91. The predicted octanol–water partition coefficient (Wildman–Crippen LogP) is 5.10. The van der Waals surface area contributed by atoms with Crippen LogP contribution >= 0.6 is 0 Å². The van der Waals surface area contributed by atoms with Crippen molar-refractivity contribution in [3.05, 3.63) is 0 Å². The Labute approximate surface area is 143 Å². The molecule has 6 saturated carbocycles. The Morgan fingerprint density at radius 1 is 0.565 bits per heavy atom. The Hall–Kier alpha value is -0.0400. The summed E-state index contributed by atoms with van der Waals surface area (Å²) in [5.41, 5.74) is 6.86. The summed E-state index contributed by atoms with van der Waals surface area (Å²) in [5, 5.41) is 0. The minimum absolute atomic E-state index is 0.480. The van der Waals surface area contributed by atoms with Gasteiger partial charge in [0.25, 0.3) is 0 Å². The van der Waals surface area contributed by atoms with Crippen LogP contribution in [0.25, 0.3) is 0 Å². The highest BCUT2D eigenvalue weighted by Gasteiger charge is 2.66. The molecule has 6 aliphatic rings. The molecule has 0 heterocycles. The molecule has 0 aromatic carbocycles. The van der Waals surface area contributed by atoms with Crippen LogP contribution in [-0.2, 0) is 0 Å². The highest BCUT2D eigenvalue weighted by molar-refractivity contribution is 5.16. The zero-order valence-corrected chi connectivity index (χ0v) is 15.3. The fraction of sp³-hybridized carbons (Fsp3) is 1.00. The number of rotatable bonds is 2. The molecular weight excluding hydrogens is 278 g/mol. The smallest absolute Gasteiger partial charge is 0.0959 e. The molecule has 0 aliphatic heterocycles. The molecule has 2 unspecified atom stereocenters. The average molecular weight is 317 g/mol. The second-order valence-corrected chi connectivity index (χ2v) is 10.9. The molecule has 4 bridgehead atoms. The van der Waals surface area contributed by atoms with Gasteiger partial charge < -0.3 is 5.73 Å². The van der Waals surface area contributed by atoms with Gasteiger partial charge in [-0.05, 0) is 73.5 Å². The Bertz CT molecular complexity index is 423. The molecule has 0 radical (unpaired) electrons. The molecule has 23 heavy (non-hydrogen) atoms. The maximum Gasteiger partial charge on any atom is 0.0959 e. The number of hydrogen-bond donors (Lipinski definition) is 1. The van der Waals surface area contributed by atoms with Crippen LogP contribution in [0, 0.1) is 28.6 Å². The van der Waals surface area contributed by atoms with Crippen molar-refractivity contribution in [3.63, 3.8) is 0 Å². The minimum Gasteiger partial charge on any atom is -0.353 e. The highest BCUT2D eigenvalue weighted by atomic mass is 14.8. The third-order valence-corrected chi connectivity index (χ3v) is 9.21. The monoisotopic (exact) mass is 316 g/mol. The lowest BCUT2D eigenvalue weighted by Gasteiger charge is -2.68. The summed E-state index contributed by atoms with van der Waals surface area (Å²) in [6.45, 7) is 0. The van der Waals surface area contributed by atoms with Crippen molar-refractivity contribution in [2.45, 2.75) is 108 Å². The first-order valence-corrected chi connectivity index (χ1v) is 11.0. The molecule has 6 rings (SSSR count). The van der Waals surface area contributed by atoms with E-state index in [0.717, 1.165) is 28.6 Å². The first kappa shape index (κ1) is 15.2. The molecule has 0 aromatic heterocycles. The fourth-order valence-corrected chi connectivity index (χ4v) is 9.13. The van der Waals surface area contributed by atoms with Gasteiger partial charge in [0, 0.05) is 19.3 Å². The third kappa shape index (κ3) is 2.35. The van der Waals surface area contributed by atoms with Crippen LogP contribution in [0.4, 0.5) is 0 Å². The molecule has 130 valence electrons. The first-order chi connectivity index (χ1) is 11.1. The van der Waals surface area contributed by atoms with Gasteiger partial charge in [-0.15, -0.1) is 0 Å². The lowest BCUT2D eigenvalue weighted by atomic mass is 9.36. The van der Waals surface area contributed by atoms with Crippen LogP contribution in [0.2, 0.25) is 0 Å². The van der Waals surface area contributed by atoms with Crippen molar-refractivity contribution >= 4 is 0 Å². The summed E-state index contributed by atoms with van der Waals surface area (Å²) in [5.74, 6) is 3.19. The summed E-state index contributed by atoms with van der Waals surface area (Å²) in [4.78, 5) is 0. The van der Waals surface area contributed by atoms with E-state index in [9.17, 15) is 0 Å². The summed E-state index contributed by atoms with van der Waals surface area (Å²) in [7, 11) is 0. The van der Waals surface area contributed by atoms with Crippen molar-refractivity contribution < 1.29 is 5.73 Å². The quantitative estimate of drug-likeness (QED) is 0.734.